The number of hydrogen-bond acceptors (Lipinski definition) is 1. The molecule has 2 rings (SSSR count). The van der Waals surface area contributed by atoms with E-state index in [1.165, 1.54) is 51.0 Å². The van der Waals surface area contributed by atoms with Crippen LogP contribution in [0.3, 0.4) is 0 Å². The number of halogens is 1. The average molecular weight is 285 g/mol. The molecule has 0 bridgehead atoms. The second-order valence-electron chi connectivity index (χ2n) is 4.44. The van der Waals surface area contributed by atoms with Crippen molar-refractivity contribution in [2.45, 2.75) is 57.8 Å². The Morgan fingerprint density at radius 3 is 1.75 bits per heavy atom. The van der Waals surface area contributed by atoms with E-state index >= 15 is 0 Å². The quantitative estimate of drug-likeness (QED) is 0.416. The second kappa shape index (κ2) is 10.4. The molecule has 2 fully saturated rings. The second-order valence-corrected chi connectivity index (χ2v) is 4.87. The van der Waals surface area contributed by atoms with Gasteiger partial charge in [-0.3, -0.25) is 4.79 Å². The summed E-state index contributed by atoms with van der Waals surface area (Å²) in [5, 5.41) is 0.743. The van der Waals surface area contributed by atoms with Crippen LogP contribution in [0.25, 0.3) is 0 Å². The molecular weight excluding hydrogens is 263 g/mol. The third-order valence-corrected chi connectivity index (χ3v) is 3.66. The minimum absolute atomic E-state index is 0. The van der Waals surface area contributed by atoms with E-state index in [0.717, 1.165) is 24.2 Å². The predicted octanol–water partition coefficient (Wildman–Crippen LogP) is 4.45. The van der Waals surface area contributed by atoms with Gasteiger partial charge in [0.25, 0.3) is 0 Å². The molecule has 0 aromatic carbocycles. The number of carbonyl (C=O) groups excluding carboxylic acids is 1. The largest absolute Gasteiger partial charge is 0.299 e. The molecule has 2 aliphatic carbocycles. The Morgan fingerprint density at radius 1 is 0.938 bits per heavy atom. The Balaban J connectivity index is 0.000000318. The molecule has 16 heavy (non-hydrogen) atoms. The number of aldehydes is 1. The zero-order chi connectivity index (χ0) is 10.9. The van der Waals surface area contributed by atoms with E-state index in [2.05, 4.69) is 0 Å². The zero-order valence-electron chi connectivity index (χ0n) is 9.74. The Kier molecular flexibility index (Phi) is 10.5. The van der Waals surface area contributed by atoms with Crippen LogP contribution in [-0.2, 0) is 21.9 Å². The fraction of sp³-hybridized carbons (Fsp3) is 0.769. The molecule has 0 heterocycles. The first-order valence-electron chi connectivity index (χ1n) is 6.15. The maximum absolute atomic E-state index is 10.0. The van der Waals surface area contributed by atoms with Crippen LogP contribution in [0.1, 0.15) is 57.8 Å². The van der Waals surface area contributed by atoms with Crippen LogP contribution < -0.4 is 0 Å². The summed E-state index contributed by atoms with van der Waals surface area (Å²) in [7, 11) is 0. The fourth-order valence-electron chi connectivity index (χ4n) is 2.29. The number of rotatable bonds is 2. The minimum Gasteiger partial charge on any atom is -0.299 e. The molecule has 0 atom stereocenters. The molecule has 0 radical (unpaired) electrons. The van der Waals surface area contributed by atoms with Gasteiger partial charge in [-0.2, -0.15) is 0 Å². The monoisotopic (exact) mass is 284 g/mol. The van der Waals surface area contributed by atoms with Crippen LogP contribution in [0.5, 0.6) is 0 Å². The van der Waals surface area contributed by atoms with Gasteiger partial charge in [0.05, 0.1) is 0 Å². The van der Waals surface area contributed by atoms with Crippen LogP contribution >= 0.6 is 11.6 Å². The van der Waals surface area contributed by atoms with Gasteiger partial charge in [0.15, 0.2) is 0 Å². The summed E-state index contributed by atoms with van der Waals surface area (Å²) in [5.41, 5.74) is 0. The molecule has 0 amide bonds. The van der Waals surface area contributed by atoms with Gasteiger partial charge in [-0.15, -0.1) is 0 Å². The van der Waals surface area contributed by atoms with Crippen LogP contribution in [0.15, 0.2) is 11.1 Å². The van der Waals surface area contributed by atoms with Crippen molar-refractivity contribution in [2.75, 3.05) is 0 Å². The Bertz CT molecular complexity index is 198. The first kappa shape index (κ1) is 16.2. The van der Waals surface area contributed by atoms with Crippen LogP contribution in [0, 0.1) is 5.92 Å². The van der Waals surface area contributed by atoms with Crippen molar-refractivity contribution in [3.8, 4) is 0 Å². The number of hydrogen-bond donors (Lipinski definition) is 0. The van der Waals surface area contributed by atoms with Gasteiger partial charge >= 0.3 is 0 Å². The predicted molar refractivity (Wildman–Crippen MR) is 65.0 cm³/mol. The molecule has 0 aromatic rings. The molecule has 0 unspecified atom stereocenters. The van der Waals surface area contributed by atoms with Crippen LogP contribution in [0.2, 0.25) is 0 Å². The molecular formula is C13H21ClFeO. The summed E-state index contributed by atoms with van der Waals surface area (Å²) in [4.78, 5) is 10.0. The molecule has 2 aliphatic rings. The topological polar surface area (TPSA) is 17.1 Å². The van der Waals surface area contributed by atoms with E-state index in [9.17, 15) is 4.79 Å². The molecule has 3 heteroatoms. The molecule has 0 aliphatic heterocycles. The Labute approximate surface area is 114 Å². The van der Waals surface area contributed by atoms with Gasteiger partial charge < -0.3 is 0 Å². The van der Waals surface area contributed by atoms with Crippen LogP contribution in [-0.4, -0.2) is 6.29 Å². The maximum Gasteiger partial charge on any atom is 0.144 e. The summed E-state index contributed by atoms with van der Waals surface area (Å²) >= 11 is 5.82. The Morgan fingerprint density at radius 2 is 1.38 bits per heavy atom. The van der Waals surface area contributed by atoms with E-state index in [-0.39, 0.29) is 17.1 Å². The van der Waals surface area contributed by atoms with Gasteiger partial charge in [0.2, 0.25) is 0 Å². The molecule has 0 aromatic heterocycles. The average Bonchev–Trinajstić information content (AvgIpc) is 2.95. The van der Waals surface area contributed by atoms with E-state index in [0.29, 0.717) is 5.92 Å². The van der Waals surface area contributed by atoms with Crippen molar-refractivity contribution in [3.05, 3.63) is 11.1 Å². The summed E-state index contributed by atoms with van der Waals surface area (Å²) in [6.07, 6.45) is 14.6. The number of carbonyl (C=O) groups is 1. The van der Waals surface area contributed by atoms with E-state index in [1.54, 1.807) is 0 Å². The van der Waals surface area contributed by atoms with Crippen LogP contribution in [0.4, 0.5) is 0 Å². The van der Waals surface area contributed by atoms with E-state index in [4.69, 9.17) is 11.6 Å². The van der Waals surface area contributed by atoms with Gasteiger partial charge in [-0.25, -0.2) is 0 Å². The fourth-order valence-corrected chi connectivity index (χ4v) is 2.56. The summed E-state index contributed by atoms with van der Waals surface area (Å²) in [6, 6.07) is 0. The zero-order valence-corrected chi connectivity index (χ0v) is 11.6. The van der Waals surface area contributed by atoms with E-state index in [1.807, 2.05) is 0 Å². The Hall–Kier alpha value is 0.219. The van der Waals surface area contributed by atoms with Gasteiger partial charge in [0.1, 0.15) is 6.29 Å². The minimum atomic E-state index is 0. The third-order valence-electron chi connectivity index (χ3n) is 3.22. The molecule has 94 valence electrons. The van der Waals surface area contributed by atoms with E-state index < -0.39 is 0 Å². The van der Waals surface area contributed by atoms with Crippen molar-refractivity contribution >= 4 is 17.9 Å². The normalized spacial score (nSPS) is 20.9. The molecule has 0 spiro atoms. The third kappa shape index (κ3) is 6.73. The first-order chi connectivity index (χ1) is 7.34. The van der Waals surface area contributed by atoms with Crippen molar-refractivity contribution in [3.63, 3.8) is 0 Å². The van der Waals surface area contributed by atoms with Gasteiger partial charge in [0, 0.05) is 22.1 Å². The van der Waals surface area contributed by atoms with Crippen molar-refractivity contribution in [1.29, 1.82) is 0 Å². The first-order valence-corrected chi connectivity index (χ1v) is 6.53. The summed E-state index contributed by atoms with van der Waals surface area (Å²) in [6.45, 7) is 0. The van der Waals surface area contributed by atoms with Crippen molar-refractivity contribution in [1.82, 2.24) is 0 Å². The van der Waals surface area contributed by atoms with Gasteiger partial charge in [-0.05, 0) is 24.8 Å². The molecule has 2 saturated carbocycles. The molecule has 1 nitrogen and oxygen atoms in total. The SMILES string of the molecule is C1CCCC1.O=C/C=C(/Cl)C1CCCC1.[Fe]. The summed E-state index contributed by atoms with van der Waals surface area (Å²) in [5.74, 6) is 0.479. The summed E-state index contributed by atoms with van der Waals surface area (Å²) < 4.78 is 0. The van der Waals surface area contributed by atoms with Crippen molar-refractivity contribution < 1.29 is 21.9 Å². The maximum atomic E-state index is 10.0. The molecule has 0 N–H and O–H groups in total. The smallest absolute Gasteiger partial charge is 0.144 e. The number of allylic oxidation sites excluding steroid dienone is 2. The standard InChI is InChI=1S/C8H11ClO.C5H10.Fe/c9-8(5-6-10)7-3-1-2-4-7;1-2-4-5-3-1;/h5-7H,1-4H2;1-5H2;/b8-5+;;. The molecule has 0 saturated heterocycles. The van der Waals surface area contributed by atoms with Gasteiger partial charge in [-0.1, -0.05) is 56.5 Å². The van der Waals surface area contributed by atoms with Crippen molar-refractivity contribution in [2.24, 2.45) is 5.92 Å².